The summed E-state index contributed by atoms with van der Waals surface area (Å²) in [7, 11) is 0. The molecule has 0 aliphatic heterocycles. The number of rotatable bonds is 4. The normalized spacial score (nSPS) is 9.92. The summed E-state index contributed by atoms with van der Waals surface area (Å²) in [6.45, 7) is 3.41. The van der Waals surface area contributed by atoms with E-state index < -0.39 is 0 Å². The van der Waals surface area contributed by atoms with Gasteiger partial charge in [0.25, 0.3) is 0 Å². The van der Waals surface area contributed by atoms with Crippen molar-refractivity contribution >= 4 is 0 Å². The minimum Gasteiger partial charge on any atom is -0.326 e. The third-order valence-electron chi connectivity index (χ3n) is 1.98. The van der Waals surface area contributed by atoms with E-state index in [9.17, 15) is 0 Å². The van der Waals surface area contributed by atoms with Gasteiger partial charge in [0.15, 0.2) is 0 Å². The molecule has 0 saturated heterocycles. The van der Waals surface area contributed by atoms with Crippen LogP contribution < -0.4 is 5.73 Å². The Hall–Kier alpha value is -1.27. The molecule has 3 nitrogen and oxygen atoms in total. The standard InChI is InChI=1S/C10H15N3/c1-3-4-5-6-13-8-10(7-11)9(2)12-13/h1,8H,4-7,11H2,2H3. The van der Waals surface area contributed by atoms with Gasteiger partial charge in [0.05, 0.1) is 5.69 Å². The van der Waals surface area contributed by atoms with Gasteiger partial charge in [0.1, 0.15) is 0 Å². The Balaban J connectivity index is 2.54. The van der Waals surface area contributed by atoms with Crippen LogP contribution >= 0.6 is 0 Å². The highest BCUT2D eigenvalue weighted by Crippen LogP contribution is 2.04. The van der Waals surface area contributed by atoms with Crippen LogP contribution in [0.15, 0.2) is 6.20 Å². The summed E-state index contributed by atoms with van der Waals surface area (Å²) in [6, 6.07) is 0. The number of unbranched alkanes of at least 4 members (excludes halogenated alkanes) is 1. The third-order valence-corrected chi connectivity index (χ3v) is 1.98. The molecule has 0 bridgehead atoms. The summed E-state index contributed by atoms with van der Waals surface area (Å²) in [4.78, 5) is 0. The van der Waals surface area contributed by atoms with E-state index in [4.69, 9.17) is 12.2 Å². The van der Waals surface area contributed by atoms with Crippen LogP contribution in [0, 0.1) is 19.3 Å². The predicted octanol–water partition coefficient (Wildman–Crippen LogP) is 1.06. The van der Waals surface area contributed by atoms with Crippen LogP contribution in [0.2, 0.25) is 0 Å². The van der Waals surface area contributed by atoms with Gasteiger partial charge in [-0.2, -0.15) is 5.10 Å². The van der Waals surface area contributed by atoms with Crippen molar-refractivity contribution < 1.29 is 0 Å². The molecule has 0 amide bonds. The quantitative estimate of drug-likeness (QED) is 0.552. The third kappa shape index (κ3) is 2.60. The second-order valence-corrected chi connectivity index (χ2v) is 3.01. The first-order valence-corrected chi connectivity index (χ1v) is 4.44. The minimum atomic E-state index is 0.557. The van der Waals surface area contributed by atoms with Gasteiger partial charge in [-0.1, -0.05) is 0 Å². The molecule has 0 unspecified atom stereocenters. The maximum atomic E-state index is 5.53. The second-order valence-electron chi connectivity index (χ2n) is 3.01. The average Bonchev–Trinajstić information content (AvgIpc) is 2.47. The zero-order chi connectivity index (χ0) is 9.68. The first-order valence-electron chi connectivity index (χ1n) is 4.44. The van der Waals surface area contributed by atoms with Gasteiger partial charge in [-0.05, 0) is 13.3 Å². The van der Waals surface area contributed by atoms with E-state index in [1.54, 1.807) is 0 Å². The van der Waals surface area contributed by atoms with E-state index in [1.165, 1.54) is 0 Å². The van der Waals surface area contributed by atoms with E-state index in [1.807, 2.05) is 17.8 Å². The highest BCUT2D eigenvalue weighted by molar-refractivity contribution is 5.14. The number of aryl methyl sites for hydroxylation is 2. The molecule has 1 aromatic rings. The number of nitrogens with zero attached hydrogens (tertiary/aromatic N) is 2. The van der Waals surface area contributed by atoms with Crippen molar-refractivity contribution in [2.75, 3.05) is 0 Å². The summed E-state index contributed by atoms with van der Waals surface area (Å²) < 4.78 is 1.91. The van der Waals surface area contributed by atoms with Crippen molar-refractivity contribution in [2.24, 2.45) is 5.73 Å². The highest BCUT2D eigenvalue weighted by Gasteiger charge is 2.01. The van der Waals surface area contributed by atoms with Crippen LogP contribution in [0.5, 0.6) is 0 Å². The number of terminal acetylenes is 1. The number of hydrogen-bond acceptors (Lipinski definition) is 2. The Morgan fingerprint density at radius 1 is 1.69 bits per heavy atom. The highest BCUT2D eigenvalue weighted by atomic mass is 15.3. The zero-order valence-corrected chi connectivity index (χ0v) is 7.95. The Bertz CT molecular complexity index is 306. The fourth-order valence-corrected chi connectivity index (χ4v) is 1.22. The molecular formula is C10H15N3. The van der Waals surface area contributed by atoms with Crippen LogP contribution in [0.25, 0.3) is 0 Å². The number of hydrogen-bond donors (Lipinski definition) is 1. The van der Waals surface area contributed by atoms with Crippen LogP contribution in [0.4, 0.5) is 0 Å². The van der Waals surface area contributed by atoms with Crippen molar-refractivity contribution in [3.8, 4) is 12.3 Å². The van der Waals surface area contributed by atoms with Crippen LogP contribution in [0.1, 0.15) is 24.1 Å². The Morgan fingerprint density at radius 3 is 3.00 bits per heavy atom. The smallest absolute Gasteiger partial charge is 0.0638 e. The lowest BCUT2D eigenvalue weighted by atomic mass is 10.3. The molecule has 1 rings (SSSR count). The van der Waals surface area contributed by atoms with E-state index in [-0.39, 0.29) is 0 Å². The lowest BCUT2D eigenvalue weighted by Crippen LogP contribution is -1.98. The van der Waals surface area contributed by atoms with Gasteiger partial charge in [0, 0.05) is 31.3 Å². The summed E-state index contributed by atoms with van der Waals surface area (Å²) in [5.41, 5.74) is 7.66. The van der Waals surface area contributed by atoms with Gasteiger partial charge in [0.2, 0.25) is 0 Å². The fourth-order valence-electron chi connectivity index (χ4n) is 1.22. The molecule has 0 spiro atoms. The maximum absolute atomic E-state index is 5.53. The summed E-state index contributed by atoms with van der Waals surface area (Å²) in [5.74, 6) is 2.61. The summed E-state index contributed by atoms with van der Waals surface area (Å²) in [6.07, 6.45) is 8.92. The molecule has 0 radical (unpaired) electrons. The molecule has 0 saturated carbocycles. The molecule has 13 heavy (non-hydrogen) atoms. The first-order chi connectivity index (χ1) is 6.27. The Labute approximate surface area is 78.9 Å². The van der Waals surface area contributed by atoms with Crippen LogP contribution in [-0.4, -0.2) is 9.78 Å². The molecule has 2 N–H and O–H groups in total. The Morgan fingerprint density at radius 2 is 2.46 bits per heavy atom. The molecule has 1 heterocycles. The summed E-state index contributed by atoms with van der Waals surface area (Å²) >= 11 is 0. The van der Waals surface area contributed by atoms with E-state index >= 15 is 0 Å². The fraction of sp³-hybridized carbons (Fsp3) is 0.500. The van der Waals surface area contributed by atoms with Gasteiger partial charge in [-0.25, -0.2) is 0 Å². The van der Waals surface area contributed by atoms with Crippen molar-refractivity contribution in [3.63, 3.8) is 0 Å². The van der Waals surface area contributed by atoms with Gasteiger partial charge in [-0.15, -0.1) is 12.3 Å². The largest absolute Gasteiger partial charge is 0.326 e. The topological polar surface area (TPSA) is 43.8 Å². The number of nitrogens with two attached hydrogens (primary N) is 1. The molecule has 70 valence electrons. The molecule has 0 aliphatic carbocycles. The minimum absolute atomic E-state index is 0.557. The predicted molar refractivity (Wildman–Crippen MR) is 52.9 cm³/mol. The SMILES string of the molecule is C#CCCCn1cc(CN)c(C)n1. The zero-order valence-electron chi connectivity index (χ0n) is 7.95. The van der Waals surface area contributed by atoms with Gasteiger partial charge in [-0.3, -0.25) is 4.68 Å². The van der Waals surface area contributed by atoms with Crippen molar-refractivity contribution in [3.05, 3.63) is 17.5 Å². The van der Waals surface area contributed by atoms with Crippen molar-refractivity contribution in [1.82, 2.24) is 9.78 Å². The molecule has 0 atom stereocenters. The van der Waals surface area contributed by atoms with E-state index in [0.717, 1.165) is 30.6 Å². The lowest BCUT2D eigenvalue weighted by Gasteiger charge is -1.96. The van der Waals surface area contributed by atoms with E-state index in [2.05, 4.69) is 11.0 Å². The molecule has 0 aliphatic rings. The monoisotopic (exact) mass is 177 g/mol. The van der Waals surface area contributed by atoms with Crippen LogP contribution in [-0.2, 0) is 13.1 Å². The molecule has 1 aromatic heterocycles. The lowest BCUT2D eigenvalue weighted by molar-refractivity contribution is 0.583. The second kappa shape index (κ2) is 4.68. The maximum Gasteiger partial charge on any atom is 0.0638 e. The first kappa shape index (κ1) is 9.82. The molecule has 0 fully saturated rings. The average molecular weight is 177 g/mol. The van der Waals surface area contributed by atoms with Crippen molar-refractivity contribution in [2.45, 2.75) is 32.9 Å². The Kier molecular flexibility index (Phi) is 3.53. The van der Waals surface area contributed by atoms with E-state index in [0.29, 0.717) is 6.54 Å². The van der Waals surface area contributed by atoms with Gasteiger partial charge < -0.3 is 5.73 Å². The molecule has 0 aromatic carbocycles. The van der Waals surface area contributed by atoms with Gasteiger partial charge >= 0.3 is 0 Å². The van der Waals surface area contributed by atoms with Crippen LogP contribution in [0.3, 0.4) is 0 Å². The molecular weight excluding hydrogens is 162 g/mol. The summed E-state index contributed by atoms with van der Waals surface area (Å²) in [5, 5.41) is 4.32. The van der Waals surface area contributed by atoms with Crippen molar-refractivity contribution in [1.29, 1.82) is 0 Å². The number of aromatic nitrogens is 2. The molecule has 3 heteroatoms.